The summed E-state index contributed by atoms with van der Waals surface area (Å²) in [5, 5.41) is 54.2. The smallest absolute Gasteiger partial charge is 0.296 e. The summed E-state index contributed by atoms with van der Waals surface area (Å²) < 4.78 is 89.1. The second-order valence-corrected chi connectivity index (χ2v) is 14.9. The summed E-state index contributed by atoms with van der Waals surface area (Å²) in [5.41, 5.74) is 1.05. The van der Waals surface area contributed by atoms with Crippen LogP contribution in [0.1, 0.15) is 0 Å². The van der Waals surface area contributed by atoms with Gasteiger partial charge in [0.05, 0.1) is 50.4 Å². The fraction of sp³-hybridized carbons (Fsp3) is 0.105. The average Bonchev–Trinajstić information content (AvgIpc) is 3.23. The van der Waals surface area contributed by atoms with E-state index in [0.717, 1.165) is 6.07 Å². The van der Waals surface area contributed by atoms with Crippen molar-refractivity contribution < 1.29 is 55.1 Å². The lowest BCUT2D eigenvalue weighted by Gasteiger charge is -2.11. The predicted octanol–water partition coefficient (Wildman–Crippen LogP) is 10.4. The van der Waals surface area contributed by atoms with Crippen LogP contribution in [0, 0.1) is 0 Å². The molecule has 0 radical (unpaired) electrons. The number of methoxy groups -OCH3 is 4. The highest BCUT2D eigenvalue weighted by Crippen LogP contribution is 2.46. The molecule has 0 spiro atoms. The van der Waals surface area contributed by atoms with Crippen LogP contribution >= 0.6 is 0 Å². The van der Waals surface area contributed by atoms with Crippen molar-refractivity contribution in [3.05, 3.63) is 97.1 Å². The molecule has 0 fully saturated rings. The van der Waals surface area contributed by atoms with E-state index < -0.39 is 36.6 Å². The Labute approximate surface area is 341 Å². The van der Waals surface area contributed by atoms with Gasteiger partial charge in [0.1, 0.15) is 62.1 Å². The summed E-state index contributed by atoms with van der Waals surface area (Å²) in [5.74, 6) is 0.0891. The zero-order valence-electron chi connectivity index (χ0n) is 31.7. The van der Waals surface area contributed by atoms with Gasteiger partial charge < -0.3 is 29.2 Å². The first-order valence-electron chi connectivity index (χ1n) is 16.9. The first kappa shape index (κ1) is 42.2. The van der Waals surface area contributed by atoms with Gasteiger partial charge in [-0.1, -0.05) is 0 Å². The summed E-state index contributed by atoms with van der Waals surface area (Å²) in [7, 11) is -3.86. The Kier molecular flexibility index (Phi) is 12.4. The molecule has 0 amide bonds. The van der Waals surface area contributed by atoms with Gasteiger partial charge in [0.2, 0.25) is 0 Å². The van der Waals surface area contributed by atoms with Gasteiger partial charge >= 0.3 is 0 Å². The van der Waals surface area contributed by atoms with Gasteiger partial charge in [-0.05, 0) is 78.2 Å². The Morgan fingerprint density at radius 2 is 0.850 bits per heavy atom. The maximum Gasteiger partial charge on any atom is 0.296 e. The van der Waals surface area contributed by atoms with Gasteiger partial charge in [-0.2, -0.15) is 32.2 Å². The van der Waals surface area contributed by atoms with Gasteiger partial charge in [-0.3, -0.25) is 9.11 Å². The molecule has 0 bridgehead atoms. The minimum atomic E-state index is -4.96. The van der Waals surface area contributed by atoms with E-state index in [1.165, 1.54) is 107 Å². The number of nitrogens with zero attached hydrogens (tertiary/aromatic N) is 8. The molecule has 20 nitrogen and oxygen atoms in total. The standard InChI is InChI=1S/C38H32N8O12S2/c1-55-32-18-29(33(56-2)17-28(32)42-40-23-7-12-26(13-8-23)59(49,50)51)43-44-30-19-35(58-4)31(20-34(30)57-3)45-46-37-36(60(52,53)54)16-21-15-24(9-14-27(21)38(37)48)41-39-22-5-10-25(47)11-6-22/h5-20,47-48H,1-4H3,(H,49,50,51)(H,52,53,54). The topological polar surface area (TPSA) is 285 Å². The molecular formula is C38H32N8O12S2. The molecule has 0 saturated carbocycles. The van der Waals surface area contributed by atoms with Crippen molar-refractivity contribution in [1.82, 2.24) is 0 Å². The van der Waals surface area contributed by atoms with Gasteiger partial charge in [-0.15, -0.1) is 25.6 Å². The van der Waals surface area contributed by atoms with E-state index in [2.05, 4.69) is 40.9 Å². The van der Waals surface area contributed by atoms with Gasteiger partial charge in [0.25, 0.3) is 20.2 Å². The first-order chi connectivity index (χ1) is 28.6. The molecule has 6 rings (SSSR count). The van der Waals surface area contributed by atoms with E-state index in [4.69, 9.17) is 18.9 Å². The first-order valence-corrected chi connectivity index (χ1v) is 19.8. The highest BCUT2D eigenvalue weighted by molar-refractivity contribution is 7.86. The highest BCUT2D eigenvalue weighted by Gasteiger charge is 2.23. The fourth-order valence-corrected chi connectivity index (χ4v) is 6.52. The largest absolute Gasteiger partial charge is 0.508 e. The summed E-state index contributed by atoms with van der Waals surface area (Å²) in [6, 6.07) is 22.3. The fourth-order valence-electron chi connectivity index (χ4n) is 5.38. The maximum atomic E-state index is 12.5. The van der Waals surface area contributed by atoms with E-state index in [0.29, 0.717) is 11.4 Å². The number of phenols is 2. The molecule has 0 aliphatic carbocycles. The van der Waals surface area contributed by atoms with E-state index in [9.17, 15) is 36.2 Å². The Morgan fingerprint density at radius 3 is 1.30 bits per heavy atom. The normalized spacial score (nSPS) is 12.3. The summed E-state index contributed by atoms with van der Waals surface area (Å²) in [6.07, 6.45) is 0. The minimum absolute atomic E-state index is 0.0145. The Bertz CT molecular complexity index is 2940. The monoisotopic (exact) mass is 856 g/mol. The zero-order chi connectivity index (χ0) is 43.2. The molecular weight excluding hydrogens is 825 g/mol. The summed E-state index contributed by atoms with van der Waals surface area (Å²) in [4.78, 5) is -1.05. The predicted molar refractivity (Wildman–Crippen MR) is 216 cm³/mol. The van der Waals surface area contributed by atoms with Crippen LogP contribution in [0.25, 0.3) is 10.8 Å². The molecule has 22 heteroatoms. The van der Waals surface area contributed by atoms with E-state index in [1.807, 2.05) is 0 Å². The van der Waals surface area contributed by atoms with Crippen molar-refractivity contribution in [2.75, 3.05) is 28.4 Å². The molecule has 0 heterocycles. The molecule has 0 aliphatic heterocycles. The third-order valence-electron chi connectivity index (χ3n) is 8.33. The van der Waals surface area contributed by atoms with Gasteiger partial charge in [-0.25, -0.2) is 0 Å². The van der Waals surface area contributed by atoms with Crippen molar-refractivity contribution in [1.29, 1.82) is 0 Å². The van der Waals surface area contributed by atoms with Crippen LogP contribution in [0.3, 0.4) is 0 Å². The van der Waals surface area contributed by atoms with Crippen molar-refractivity contribution in [3.63, 3.8) is 0 Å². The van der Waals surface area contributed by atoms with Gasteiger partial charge in [0.15, 0.2) is 5.75 Å². The molecule has 0 unspecified atom stereocenters. The molecule has 308 valence electrons. The van der Waals surface area contributed by atoms with Gasteiger partial charge in [0, 0.05) is 29.7 Å². The SMILES string of the molecule is COc1cc(N=Nc2cc(OC)c(N=Nc3c(S(=O)(=O)O)cc4cc(N=Nc5ccc(O)cc5)ccc4c3O)cc2OC)c(OC)cc1N=Nc1ccc(S(=O)(=O)O)cc1. The maximum absolute atomic E-state index is 12.5. The van der Waals surface area contributed by atoms with Crippen molar-refractivity contribution >= 4 is 76.5 Å². The van der Waals surface area contributed by atoms with Crippen molar-refractivity contribution in [2.45, 2.75) is 9.79 Å². The van der Waals surface area contributed by atoms with Crippen LogP contribution in [0.4, 0.5) is 45.5 Å². The molecule has 4 N–H and O–H groups in total. The van der Waals surface area contributed by atoms with Crippen LogP contribution in [0.5, 0.6) is 34.5 Å². The van der Waals surface area contributed by atoms with Crippen LogP contribution < -0.4 is 18.9 Å². The highest BCUT2D eigenvalue weighted by atomic mass is 32.2. The molecule has 60 heavy (non-hydrogen) atoms. The van der Waals surface area contributed by atoms with E-state index in [1.54, 1.807) is 12.1 Å². The number of hydrogen-bond donors (Lipinski definition) is 4. The second kappa shape index (κ2) is 17.6. The third kappa shape index (κ3) is 9.65. The van der Waals surface area contributed by atoms with Crippen LogP contribution in [0.2, 0.25) is 0 Å². The average molecular weight is 857 g/mol. The number of fused-ring (bicyclic) bond motifs is 1. The molecule has 0 aromatic heterocycles. The molecule has 6 aromatic rings. The number of phenolic OH excluding ortho intramolecular Hbond substituents is 2. The molecule has 0 saturated heterocycles. The Morgan fingerprint density at radius 1 is 0.450 bits per heavy atom. The molecule has 0 aliphatic rings. The Balaban J connectivity index is 1.30. The lowest BCUT2D eigenvalue weighted by molar-refractivity contribution is 0.403. The quantitative estimate of drug-likeness (QED) is 0.0588. The zero-order valence-corrected chi connectivity index (χ0v) is 33.3. The van der Waals surface area contributed by atoms with Crippen LogP contribution in [-0.4, -0.2) is 64.6 Å². The van der Waals surface area contributed by atoms with Crippen molar-refractivity contribution in [3.8, 4) is 34.5 Å². The van der Waals surface area contributed by atoms with E-state index in [-0.39, 0.29) is 72.9 Å². The number of benzene rings is 6. The third-order valence-corrected chi connectivity index (χ3v) is 10.1. The lowest BCUT2D eigenvalue weighted by Crippen LogP contribution is -1.99. The lowest BCUT2D eigenvalue weighted by atomic mass is 10.1. The summed E-state index contributed by atoms with van der Waals surface area (Å²) in [6.45, 7) is 0. The van der Waals surface area contributed by atoms with Crippen LogP contribution in [-0.2, 0) is 20.2 Å². The van der Waals surface area contributed by atoms with E-state index >= 15 is 0 Å². The number of hydrogen-bond acceptors (Lipinski definition) is 18. The van der Waals surface area contributed by atoms with Crippen molar-refractivity contribution in [2.24, 2.45) is 40.9 Å². The Hall–Kier alpha value is -7.40. The summed E-state index contributed by atoms with van der Waals surface area (Å²) >= 11 is 0. The number of rotatable bonds is 14. The number of ether oxygens (including phenoxy) is 4. The molecule has 0 atom stereocenters. The van der Waals surface area contributed by atoms with Crippen LogP contribution in [0.15, 0.2) is 148 Å². The molecule has 6 aromatic carbocycles. The number of azo groups is 4. The minimum Gasteiger partial charge on any atom is -0.508 e. The number of aromatic hydroxyl groups is 2. The second-order valence-electron chi connectivity index (χ2n) is 12.1.